The summed E-state index contributed by atoms with van der Waals surface area (Å²) in [4.78, 5) is 24.8. The van der Waals surface area contributed by atoms with E-state index < -0.39 is 66.9 Å². The van der Waals surface area contributed by atoms with Crippen LogP contribution in [0, 0.1) is 5.41 Å². The number of aliphatic hydroxyl groups is 4. The van der Waals surface area contributed by atoms with Crippen molar-refractivity contribution in [2.75, 3.05) is 20.4 Å². The number of amides is 2. The van der Waals surface area contributed by atoms with Crippen molar-refractivity contribution >= 4 is 17.6 Å². The number of benzene rings is 1. The van der Waals surface area contributed by atoms with Gasteiger partial charge in [-0.15, -0.1) is 0 Å². The molecule has 0 aromatic heterocycles. The van der Waals surface area contributed by atoms with Gasteiger partial charge in [0.1, 0.15) is 42.2 Å². The molecule has 1 aromatic rings. The van der Waals surface area contributed by atoms with Crippen LogP contribution in [0.4, 0.5) is 0 Å². The number of nitrogens with one attached hydrogen (secondary N) is 4. The molecule has 1 aromatic carbocycles. The first-order valence-electron chi connectivity index (χ1n) is 9.05. The highest BCUT2D eigenvalue weighted by molar-refractivity contribution is 6.13. The Labute approximate surface area is 177 Å². The fraction of sp³-hybridized carbons (Fsp3) is 0.389. The van der Waals surface area contributed by atoms with Crippen molar-refractivity contribution in [3.63, 3.8) is 0 Å². The minimum absolute atomic E-state index is 0.200. The van der Waals surface area contributed by atoms with Crippen LogP contribution in [0.1, 0.15) is 10.4 Å². The molecule has 0 aliphatic carbocycles. The van der Waals surface area contributed by atoms with Gasteiger partial charge in [-0.2, -0.15) is 0 Å². The molecule has 170 valence electrons. The molecule has 10 N–H and O–H groups in total. The van der Waals surface area contributed by atoms with Gasteiger partial charge < -0.3 is 51.6 Å². The van der Waals surface area contributed by atoms with Gasteiger partial charge in [0.25, 0.3) is 11.8 Å². The number of hydrogen-bond acceptors (Lipinski definition) is 11. The summed E-state index contributed by atoms with van der Waals surface area (Å²) in [6, 6.07) is 6.01. The quantitative estimate of drug-likeness (QED) is 0.0848. The third-order valence-corrected chi connectivity index (χ3v) is 4.43. The molecule has 1 fully saturated rings. The van der Waals surface area contributed by atoms with Crippen molar-refractivity contribution in [3.05, 3.63) is 41.2 Å². The summed E-state index contributed by atoms with van der Waals surface area (Å²) < 4.78 is 10.1. The maximum absolute atomic E-state index is 12.5. The van der Waals surface area contributed by atoms with Crippen LogP contribution >= 0.6 is 0 Å². The molecular weight excluding hydrogens is 414 g/mol. The largest absolute Gasteiger partial charge is 0.497 e. The lowest BCUT2D eigenvalue weighted by atomic mass is 10.1. The molecule has 31 heavy (non-hydrogen) atoms. The van der Waals surface area contributed by atoms with Gasteiger partial charge in [-0.25, -0.2) is 0 Å². The average Bonchev–Trinajstić information content (AvgIpc) is 3.04. The molecule has 2 rings (SSSR count). The zero-order valence-electron chi connectivity index (χ0n) is 16.5. The number of amidine groups is 1. The standard InChI is InChI=1S/C18H25N5O8/c1-30-9-4-2-8(3-5-9)16(28)22-15(20)11(19)12(21-7-25)17(29)23-18-14(27)13(26)10(6-24)31-18/h2-5,10,13-14,18,21,24-27H,6-7,19H2,1H3,(H,23,29)(H2,20,22,28)/b12-11+. The second-order valence-electron chi connectivity index (χ2n) is 6.41. The van der Waals surface area contributed by atoms with E-state index in [0.717, 1.165) is 0 Å². The van der Waals surface area contributed by atoms with Crippen molar-refractivity contribution in [3.8, 4) is 5.75 Å². The monoisotopic (exact) mass is 439 g/mol. The van der Waals surface area contributed by atoms with Crippen molar-refractivity contribution in [2.24, 2.45) is 5.73 Å². The third-order valence-electron chi connectivity index (χ3n) is 4.43. The second kappa shape index (κ2) is 10.7. The van der Waals surface area contributed by atoms with Gasteiger partial charge in [-0.3, -0.25) is 15.0 Å². The lowest BCUT2D eigenvalue weighted by Gasteiger charge is -2.19. The molecule has 1 aliphatic rings. The molecule has 0 radical (unpaired) electrons. The number of methoxy groups -OCH3 is 1. The molecule has 1 aliphatic heterocycles. The van der Waals surface area contributed by atoms with Gasteiger partial charge in [0.15, 0.2) is 12.1 Å². The van der Waals surface area contributed by atoms with Gasteiger partial charge in [-0.05, 0) is 24.3 Å². The van der Waals surface area contributed by atoms with Crippen LogP contribution in [0.15, 0.2) is 35.7 Å². The number of ether oxygens (including phenoxy) is 2. The van der Waals surface area contributed by atoms with Crippen LogP contribution in [0.3, 0.4) is 0 Å². The highest BCUT2D eigenvalue weighted by Crippen LogP contribution is 2.19. The Kier molecular flexibility index (Phi) is 8.30. The van der Waals surface area contributed by atoms with Gasteiger partial charge >= 0.3 is 0 Å². The number of carbonyl (C=O) groups is 2. The molecule has 0 bridgehead atoms. The molecular formula is C18H25N5O8. The molecule has 4 unspecified atom stereocenters. The van der Waals surface area contributed by atoms with Gasteiger partial charge in [0.2, 0.25) is 0 Å². The van der Waals surface area contributed by atoms with Crippen molar-refractivity contribution in [1.29, 1.82) is 5.41 Å². The molecule has 1 saturated heterocycles. The Balaban J connectivity index is 2.12. The SMILES string of the molecule is COc1ccc(C(=O)NC(=N)/C(N)=C(\NCO)C(=O)NC2OC(CO)C(O)C2O)cc1. The number of rotatable bonds is 8. The average molecular weight is 439 g/mol. The predicted octanol–water partition coefficient (Wildman–Crippen LogP) is -3.33. The summed E-state index contributed by atoms with van der Waals surface area (Å²) >= 11 is 0. The van der Waals surface area contributed by atoms with E-state index in [0.29, 0.717) is 5.75 Å². The predicted molar refractivity (Wildman–Crippen MR) is 106 cm³/mol. The number of aliphatic hydroxyl groups excluding tert-OH is 4. The number of carbonyl (C=O) groups excluding carboxylic acids is 2. The van der Waals surface area contributed by atoms with Gasteiger partial charge in [0, 0.05) is 5.56 Å². The Morgan fingerprint density at radius 1 is 1.19 bits per heavy atom. The fourth-order valence-corrected chi connectivity index (χ4v) is 2.72. The van der Waals surface area contributed by atoms with Crippen LogP contribution < -0.4 is 26.4 Å². The topological polar surface area (TPSA) is 219 Å². The van der Waals surface area contributed by atoms with Crippen molar-refractivity contribution in [1.82, 2.24) is 16.0 Å². The summed E-state index contributed by atoms with van der Waals surface area (Å²) in [6.45, 7) is -1.33. The molecule has 0 saturated carbocycles. The van der Waals surface area contributed by atoms with E-state index in [2.05, 4.69) is 16.0 Å². The molecule has 2 amide bonds. The van der Waals surface area contributed by atoms with Crippen LogP contribution in [0.2, 0.25) is 0 Å². The van der Waals surface area contributed by atoms with Crippen LogP contribution in [0.5, 0.6) is 5.75 Å². The molecule has 4 atom stereocenters. The minimum Gasteiger partial charge on any atom is -0.497 e. The van der Waals surface area contributed by atoms with E-state index >= 15 is 0 Å². The molecule has 0 spiro atoms. The summed E-state index contributed by atoms with van der Waals surface area (Å²) in [7, 11) is 1.47. The molecule has 13 heteroatoms. The van der Waals surface area contributed by atoms with Crippen LogP contribution in [-0.4, -0.2) is 83.1 Å². The zero-order chi connectivity index (χ0) is 23.1. The Bertz CT molecular complexity index is 844. The lowest BCUT2D eigenvalue weighted by molar-refractivity contribution is -0.124. The third kappa shape index (κ3) is 5.68. The van der Waals surface area contributed by atoms with Crippen LogP contribution in [-0.2, 0) is 9.53 Å². The first-order chi connectivity index (χ1) is 14.7. The molecule has 13 nitrogen and oxygen atoms in total. The summed E-state index contributed by atoms with van der Waals surface area (Å²) in [5, 5.41) is 52.6. The van der Waals surface area contributed by atoms with E-state index in [1.807, 2.05) is 0 Å². The first-order valence-corrected chi connectivity index (χ1v) is 9.05. The summed E-state index contributed by atoms with van der Waals surface area (Å²) in [5.74, 6) is -1.78. The highest BCUT2D eigenvalue weighted by atomic mass is 16.6. The minimum atomic E-state index is -1.54. The smallest absolute Gasteiger partial charge is 0.271 e. The van der Waals surface area contributed by atoms with Gasteiger partial charge in [0.05, 0.1) is 13.7 Å². The fourth-order valence-electron chi connectivity index (χ4n) is 2.72. The van der Waals surface area contributed by atoms with E-state index in [1.165, 1.54) is 19.2 Å². The normalized spacial score (nSPS) is 23.5. The van der Waals surface area contributed by atoms with E-state index in [4.69, 9.17) is 30.8 Å². The van der Waals surface area contributed by atoms with Crippen LogP contribution in [0.25, 0.3) is 0 Å². The van der Waals surface area contributed by atoms with Crippen molar-refractivity contribution < 1.29 is 39.5 Å². The van der Waals surface area contributed by atoms with Gasteiger partial charge in [-0.1, -0.05) is 0 Å². The lowest BCUT2D eigenvalue weighted by Crippen LogP contribution is -2.47. The Hall–Kier alpha value is -3.23. The zero-order valence-corrected chi connectivity index (χ0v) is 16.5. The number of hydrogen-bond donors (Lipinski definition) is 9. The maximum Gasteiger partial charge on any atom is 0.271 e. The first kappa shape index (κ1) is 24.0. The second-order valence-corrected chi connectivity index (χ2v) is 6.41. The molecule has 1 heterocycles. The summed E-state index contributed by atoms with van der Waals surface area (Å²) in [5.41, 5.74) is 5.00. The maximum atomic E-state index is 12.5. The highest BCUT2D eigenvalue weighted by Gasteiger charge is 2.43. The summed E-state index contributed by atoms with van der Waals surface area (Å²) in [6.07, 6.45) is -5.47. The van der Waals surface area contributed by atoms with Crippen molar-refractivity contribution in [2.45, 2.75) is 24.5 Å². The van der Waals surface area contributed by atoms with E-state index in [1.54, 1.807) is 12.1 Å². The van der Waals surface area contributed by atoms with E-state index in [9.17, 15) is 19.8 Å². The number of nitrogens with two attached hydrogens (primary N) is 1. The van der Waals surface area contributed by atoms with E-state index in [-0.39, 0.29) is 5.56 Å². The Morgan fingerprint density at radius 2 is 1.84 bits per heavy atom. The Morgan fingerprint density at radius 3 is 2.35 bits per heavy atom.